The van der Waals surface area contributed by atoms with Crippen LogP contribution in [0.15, 0.2) is 0 Å². The van der Waals surface area contributed by atoms with E-state index >= 15 is 0 Å². The lowest BCUT2D eigenvalue weighted by Gasteiger charge is -2.43. The zero-order valence-electron chi connectivity index (χ0n) is 13.7. The lowest BCUT2D eigenvalue weighted by atomic mass is 9.83. The molecule has 122 valence electrons. The first-order valence-electron chi connectivity index (χ1n) is 8.20. The highest BCUT2D eigenvalue weighted by molar-refractivity contribution is 5.66. The van der Waals surface area contributed by atoms with Gasteiger partial charge < -0.3 is 14.7 Å². The van der Waals surface area contributed by atoms with E-state index in [2.05, 4.69) is 4.90 Å². The van der Waals surface area contributed by atoms with Gasteiger partial charge in [0.1, 0.15) is 0 Å². The van der Waals surface area contributed by atoms with Crippen molar-refractivity contribution in [2.45, 2.75) is 58.0 Å². The number of ether oxygens (including phenoxy) is 1. The molecule has 0 atom stereocenters. The number of morpholine rings is 1. The highest BCUT2D eigenvalue weighted by atomic mass is 16.5. The van der Waals surface area contributed by atoms with Crippen molar-refractivity contribution in [2.24, 2.45) is 5.92 Å². The van der Waals surface area contributed by atoms with Gasteiger partial charge in [-0.1, -0.05) is 0 Å². The van der Waals surface area contributed by atoms with Crippen LogP contribution in [-0.4, -0.2) is 65.4 Å². The fourth-order valence-corrected chi connectivity index (χ4v) is 3.73. The van der Waals surface area contributed by atoms with Gasteiger partial charge in [0, 0.05) is 31.2 Å². The van der Waals surface area contributed by atoms with Crippen LogP contribution in [0.2, 0.25) is 0 Å². The second-order valence-electron chi connectivity index (χ2n) is 7.41. The Morgan fingerprint density at radius 3 is 2.24 bits per heavy atom. The van der Waals surface area contributed by atoms with Crippen LogP contribution in [0.3, 0.4) is 0 Å². The predicted octanol–water partition coefficient (Wildman–Crippen LogP) is 2.66. The lowest BCUT2D eigenvalue weighted by Crippen LogP contribution is -2.52. The van der Waals surface area contributed by atoms with Crippen LogP contribution in [0.25, 0.3) is 0 Å². The molecule has 1 heterocycles. The second-order valence-corrected chi connectivity index (χ2v) is 7.41. The highest BCUT2D eigenvalue weighted by Crippen LogP contribution is 2.32. The molecular weight excluding hydrogens is 268 g/mol. The summed E-state index contributed by atoms with van der Waals surface area (Å²) in [5.74, 6) is 0.718. The maximum atomic E-state index is 11.5. The molecule has 1 N–H and O–H groups in total. The molecule has 2 rings (SSSR count). The largest absolute Gasteiger partial charge is 0.465 e. The van der Waals surface area contributed by atoms with E-state index < -0.39 is 6.09 Å². The molecule has 1 saturated heterocycles. The van der Waals surface area contributed by atoms with Crippen LogP contribution in [-0.2, 0) is 4.74 Å². The molecule has 2 fully saturated rings. The van der Waals surface area contributed by atoms with Gasteiger partial charge in [-0.2, -0.15) is 0 Å². The average molecular weight is 298 g/mol. The molecule has 21 heavy (non-hydrogen) atoms. The Balaban J connectivity index is 1.83. The fourth-order valence-electron chi connectivity index (χ4n) is 3.73. The Labute approximate surface area is 128 Å². The summed E-state index contributed by atoms with van der Waals surface area (Å²) in [4.78, 5) is 15.7. The van der Waals surface area contributed by atoms with Crippen LogP contribution in [0.4, 0.5) is 4.79 Å². The standard InChI is InChI=1S/C16H30N2O3/c1-16(2,3)18(15(19)20)14-6-4-13(5-7-14)12-17-8-10-21-11-9-17/h13-14H,4-12H2,1-3H3,(H,19,20). The molecule has 0 aromatic carbocycles. The normalized spacial score (nSPS) is 28.3. The summed E-state index contributed by atoms with van der Waals surface area (Å²) in [6.45, 7) is 10.9. The molecule has 1 amide bonds. The molecule has 1 aliphatic heterocycles. The topological polar surface area (TPSA) is 53.0 Å². The van der Waals surface area contributed by atoms with Gasteiger partial charge in [0.25, 0.3) is 0 Å². The Kier molecular flexibility index (Phi) is 5.49. The fraction of sp³-hybridized carbons (Fsp3) is 0.938. The van der Waals surface area contributed by atoms with Crippen LogP contribution < -0.4 is 0 Å². The molecule has 0 aromatic rings. The summed E-state index contributed by atoms with van der Waals surface area (Å²) in [6, 6.07) is 0.184. The van der Waals surface area contributed by atoms with E-state index in [0.29, 0.717) is 0 Å². The quantitative estimate of drug-likeness (QED) is 0.870. The number of rotatable bonds is 3. The van der Waals surface area contributed by atoms with E-state index in [1.165, 1.54) is 0 Å². The summed E-state index contributed by atoms with van der Waals surface area (Å²) < 4.78 is 5.39. The number of nitrogens with zero attached hydrogens (tertiary/aromatic N) is 2. The van der Waals surface area contributed by atoms with E-state index in [9.17, 15) is 9.90 Å². The first-order valence-corrected chi connectivity index (χ1v) is 8.20. The van der Waals surface area contributed by atoms with E-state index in [4.69, 9.17) is 4.74 Å². The van der Waals surface area contributed by atoms with Crippen LogP contribution in [0, 0.1) is 5.92 Å². The van der Waals surface area contributed by atoms with Crippen molar-refractivity contribution in [3.05, 3.63) is 0 Å². The predicted molar refractivity (Wildman–Crippen MR) is 82.6 cm³/mol. The minimum Gasteiger partial charge on any atom is -0.465 e. The second kappa shape index (κ2) is 6.97. The molecule has 0 radical (unpaired) electrons. The first kappa shape index (κ1) is 16.6. The van der Waals surface area contributed by atoms with Gasteiger partial charge in [-0.15, -0.1) is 0 Å². The lowest BCUT2D eigenvalue weighted by molar-refractivity contribution is 0.0187. The third kappa shape index (κ3) is 4.58. The van der Waals surface area contributed by atoms with Gasteiger partial charge in [-0.3, -0.25) is 4.90 Å². The Morgan fingerprint density at radius 2 is 1.76 bits per heavy atom. The minimum absolute atomic E-state index is 0.184. The summed E-state index contributed by atoms with van der Waals surface area (Å²) in [6.07, 6.45) is 3.50. The smallest absolute Gasteiger partial charge is 0.407 e. The highest BCUT2D eigenvalue weighted by Gasteiger charge is 2.35. The Bertz CT molecular complexity index is 340. The monoisotopic (exact) mass is 298 g/mol. The molecule has 5 heteroatoms. The van der Waals surface area contributed by atoms with Crippen molar-refractivity contribution in [3.8, 4) is 0 Å². The van der Waals surface area contributed by atoms with Gasteiger partial charge in [0.2, 0.25) is 0 Å². The summed E-state index contributed by atoms with van der Waals surface area (Å²) >= 11 is 0. The van der Waals surface area contributed by atoms with E-state index in [1.54, 1.807) is 4.90 Å². The molecule has 2 aliphatic rings. The van der Waals surface area contributed by atoms with Crippen LogP contribution in [0.1, 0.15) is 46.5 Å². The Morgan fingerprint density at radius 1 is 1.19 bits per heavy atom. The molecule has 1 aliphatic carbocycles. The van der Waals surface area contributed by atoms with Crippen molar-refractivity contribution in [1.82, 2.24) is 9.80 Å². The van der Waals surface area contributed by atoms with Crippen LogP contribution in [0.5, 0.6) is 0 Å². The third-order valence-corrected chi connectivity index (χ3v) is 4.73. The van der Waals surface area contributed by atoms with Gasteiger partial charge in [0.05, 0.1) is 13.2 Å². The van der Waals surface area contributed by atoms with E-state index in [-0.39, 0.29) is 11.6 Å². The molecule has 1 saturated carbocycles. The number of hydrogen-bond acceptors (Lipinski definition) is 3. The molecule has 0 bridgehead atoms. The molecular formula is C16H30N2O3. The Hall–Kier alpha value is -0.810. The number of amides is 1. The molecule has 5 nitrogen and oxygen atoms in total. The van der Waals surface area contributed by atoms with Crippen molar-refractivity contribution in [1.29, 1.82) is 0 Å². The zero-order valence-corrected chi connectivity index (χ0v) is 13.7. The van der Waals surface area contributed by atoms with Crippen LogP contribution >= 0.6 is 0 Å². The van der Waals surface area contributed by atoms with Gasteiger partial charge >= 0.3 is 6.09 Å². The van der Waals surface area contributed by atoms with Crippen molar-refractivity contribution in [3.63, 3.8) is 0 Å². The maximum Gasteiger partial charge on any atom is 0.407 e. The summed E-state index contributed by atoms with van der Waals surface area (Å²) in [5, 5.41) is 9.49. The first-order chi connectivity index (χ1) is 9.88. The van der Waals surface area contributed by atoms with Gasteiger partial charge in [-0.25, -0.2) is 4.79 Å². The minimum atomic E-state index is -0.779. The number of hydrogen-bond donors (Lipinski definition) is 1. The van der Waals surface area contributed by atoms with Gasteiger partial charge in [-0.05, 0) is 52.4 Å². The van der Waals surface area contributed by atoms with Gasteiger partial charge in [0.15, 0.2) is 0 Å². The number of carboxylic acid groups (broad SMARTS) is 1. The average Bonchev–Trinajstić information content (AvgIpc) is 2.40. The summed E-state index contributed by atoms with van der Waals surface area (Å²) in [5.41, 5.74) is -0.312. The van der Waals surface area contributed by atoms with Crippen molar-refractivity contribution >= 4 is 6.09 Å². The maximum absolute atomic E-state index is 11.5. The number of carbonyl (C=O) groups is 1. The van der Waals surface area contributed by atoms with Crippen molar-refractivity contribution in [2.75, 3.05) is 32.8 Å². The summed E-state index contributed by atoms with van der Waals surface area (Å²) in [7, 11) is 0. The SMILES string of the molecule is CC(C)(C)N(C(=O)O)C1CCC(CN2CCOCC2)CC1. The van der Waals surface area contributed by atoms with E-state index in [0.717, 1.165) is 64.4 Å². The molecule has 0 aromatic heterocycles. The molecule has 0 unspecified atom stereocenters. The third-order valence-electron chi connectivity index (χ3n) is 4.73. The molecule has 0 spiro atoms. The zero-order chi connectivity index (χ0) is 15.5. The van der Waals surface area contributed by atoms with E-state index in [1.807, 2.05) is 20.8 Å². The van der Waals surface area contributed by atoms with Crippen molar-refractivity contribution < 1.29 is 14.6 Å².